The molecule has 3 heterocycles. The number of benzene rings is 2. The first-order valence-corrected chi connectivity index (χ1v) is 11.7. The third-order valence-electron chi connectivity index (χ3n) is 6.27. The second-order valence-corrected chi connectivity index (χ2v) is 8.92. The van der Waals surface area contributed by atoms with Crippen molar-refractivity contribution in [2.45, 2.75) is 13.5 Å². The van der Waals surface area contributed by atoms with Gasteiger partial charge in [-0.25, -0.2) is 9.97 Å². The van der Waals surface area contributed by atoms with E-state index in [0.717, 1.165) is 27.9 Å². The summed E-state index contributed by atoms with van der Waals surface area (Å²) in [6.07, 6.45) is 3.29. The van der Waals surface area contributed by atoms with Crippen LogP contribution in [0.4, 0.5) is 11.5 Å². The van der Waals surface area contributed by atoms with Gasteiger partial charge in [0.2, 0.25) is 0 Å². The quantitative estimate of drug-likeness (QED) is 0.338. The Balaban J connectivity index is 1.67. The van der Waals surface area contributed by atoms with Gasteiger partial charge in [-0.2, -0.15) is 0 Å². The summed E-state index contributed by atoms with van der Waals surface area (Å²) in [7, 11) is 1.92. The number of nitrogens with one attached hydrogen (secondary N) is 1. The van der Waals surface area contributed by atoms with Gasteiger partial charge in [0.15, 0.2) is 0 Å². The number of rotatable bonds is 6. The minimum absolute atomic E-state index is 0.101. The molecular weight excluding hydrogens is 464 g/mol. The van der Waals surface area contributed by atoms with Crippen LogP contribution in [0.5, 0.6) is 0 Å². The van der Waals surface area contributed by atoms with Crippen molar-refractivity contribution >= 4 is 28.4 Å². The van der Waals surface area contributed by atoms with E-state index in [-0.39, 0.29) is 11.5 Å². The van der Waals surface area contributed by atoms with Gasteiger partial charge < -0.3 is 20.2 Å². The fourth-order valence-corrected chi connectivity index (χ4v) is 4.43. The fraction of sp³-hybridized carbons (Fsp3) is 0.103. The smallest absolute Gasteiger partial charge is 0.250 e. The van der Waals surface area contributed by atoms with Crippen molar-refractivity contribution in [1.29, 1.82) is 0 Å². The lowest BCUT2D eigenvalue weighted by atomic mass is 9.99. The molecule has 8 heteroatoms. The number of nitrogen functional groups attached to an aromatic ring is 1. The van der Waals surface area contributed by atoms with E-state index in [4.69, 9.17) is 5.73 Å². The summed E-state index contributed by atoms with van der Waals surface area (Å²) in [6, 6.07) is 20.7. The van der Waals surface area contributed by atoms with Crippen LogP contribution in [0, 0.1) is 0 Å². The number of amides is 1. The predicted octanol–water partition coefficient (Wildman–Crippen LogP) is 4.61. The Morgan fingerprint density at radius 1 is 1.00 bits per heavy atom. The van der Waals surface area contributed by atoms with Crippen molar-refractivity contribution in [3.63, 3.8) is 0 Å². The molecule has 2 aromatic carbocycles. The highest BCUT2D eigenvalue weighted by Gasteiger charge is 2.22. The average Bonchev–Trinajstić information content (AvgIpc) is 3.20. The number of carbonyl (C=O) groups excluding carboxylic acids is 1. The fourth-order valence-electron chi connectivity index (χ4n) is 4.43. The largest absolute Gasteiger partial charge is 0.383 e. The monoisotopic (exact) mass is 490 g/mol. The maximum Gasteiger partial charge on any atom is 0.250 e. The van der Waals surface area contributed by atoms with E-state index < -0.39 is 0 Å². The molecule has 0 saturated heterocycles. The highest BCUT2D eigenvalue weighted by molar-refractivity contribution is 6.08. The summed E-state index contributed by atoms with van der Waals surface area (Å²) in [5, 5.41) is 3.54. The molecule has 0 radical (unpaired) electrons. The zero-order valence-corrected chi connectivity index (χ0v) is 20.6. The van der Waals surface area contributed by atoms with Gasteiger partial charge in [-0.05, 0) is 36.2 Å². The molecule has 3 aromatic heterocycles. The molecule has 3 N–H and O–H groups in total. The standard InChI is InChI=1S/C29H26N6O2/c1-18(2)29(37)33-22-12-9-20(10-13-22)26-24(25-27(30)31-17-32-28(25)34(26)3)21-11-14-23(36)35(16-21)15-19-7-5-4-6-8-19/h4-14,16-17H,1,15H2,2-3H3,(H,33,37)(H2,30,31,32). The lowest BCUT2D eigenvalue weighted by molar-refractivity contribution is -0.112. The maximum absolute atomic E-state index is 12.7. The first-order chi connectivity index (χ1) is 17.8. The Morgan fingerprint density at radius 2 is 1.70 bits per heavy atom. The van der Waals surface area contributed by atoms with Gasteiger partial charge in [0.1, 0.15) is 17.8 Å². The van der Waals surface area contributed by atoms with Crippen LogP contribution < -0.4 is 16.6 Å². The summed E-state index contributed by atoms with van der Waals surface area (Å²) in [6.45, 7) is 5.78. The third kappa shape index (κ3) is 4.52. The molecule has 0 aliphatic heterocycles. The molecule has 0 fully saturated rings. The van der Waals surface area contributed by atoms with Crippen LogP contribution in [0.3, 0.4) is 0 Å². The molecule has 0 spiro atoms. The van der Waals surface area contributed by atoms with Crippen molar-refractivity contribution in [3.05, 3.63) is 107 Å². The molecule has 184 valence electrons. The number of fused-ring (bicyclic) bond motifs is 1. The SMILES string of the molecule is C=C(C)C(=O)Nc1ccc(-c2c(-c3ccc(=O)n(Cc4ccccc4)c3)c3c(N)ncnc3n2C)cc1. The topological polar surface area (TPSA) is 108 Å². The lowest BCUT2D eigenvalue weighted by Gasteiger charge is -2.12. The van der Waals surface area contributed by atoms with Gasteiger partial charge in [-0.3, -0.25) is 9.59 Å². The Labute approximate surface area is 213 Å². The van der Waals surface area contributed by atoms with Crippen LogP contribution >= 0.6 is 0 Å². The van der Waals surface area contributed by atoms with Gasteiger partial charge in [0.05, 0.1) is 17.6 Å². The highest BCUT2D eigenvalue weighted by atomic mass is 16.1. The highest BCUT2D eigenvalue weighted by Crippen LogP contribution is 2.41. The average molecular weight is 491 g/mol. The summed E-state index contributed by atoms with van der Waals surface area (Å²) < 4.78 is 3.65. The number of nitrogens with zero attached hydrogens (tertiary/aromatic N) is 4. The van der Waals surface area contributed by atoms with Crippen LogP contribution in [0.2, 0.25) is 0 Å². The zero-order valence-electron chi connectivity index (χ0n) is 20.6. The number of aryl methyl sites for hydroxylation is 1. The molecule has 0 aliphatic rings. The molecule has 5 aromatic rings. The van der Waals surface area contributed by atoms with E-state index in [9.17, 15) is 9.59 Å². The third-order valence-corrected chi connectivity index (χ3v) is 6.27. The normalized spacial score (nSPS) is 11.0. The molecule has 0 saturated carbocycles. The zero-order chi connectivity index (χ0) is 26.1. The van der Waals surface area contributed by atoms with Crippen molar-refractivity contribution in [3.8, 4) is 22.4 Å². The van der Waals surface area contributed by atoms with Crippen LogP contribution in [0.1, 0.15) is 12.5 Å². The first-order valence-electron chi connectivity index (χ1n) is 11.7. The van der Waals surface area contributed by atoms with E-state index in [1.54, 1.807) is 23.6 Å². The van der Waals surface area contributed by atoms with Gasteiger partial charge >= 0.3 is 0 Å². The van der Waals surface area contributed by atoms with E-state index >= 15 is 0 Å². The molecule has 0 bridgehead atoms. The molecule has 8 nitrogen and oxygen atoms in total. The van der Waals surface area contributed by atoms with Gasteiger partial charge in [0, 0.05) is 41.7 Å². The van der Waals surface area contributed by atoms with Crippen LogP contribution in [-0.4, -0.2) is 25.0 Å². The maximum atomic E-state index is 12.7. The minimum atomic E-state index is -0.234. The Hall–Kier alpha value is -4.98. The van der Waals surface area contributed by atoms with E-state index in [2.05, 4.69) is 21.9 Å². The lowest BCUT2D eigenvalue weighted by Crippen LogP contribution is -2.19. The van der Waals surface area contributed by atoms with Crippen molar-refractivity contribution in [2.75, 3.05) is 11.1 Å². The van der Waals surface area contributed by atoms with E-state index in [0.29, 0.717) is 34.7 Å². The second kappa shape index (κ2) is 9.58. The van der Waals surface area contributed by atoms with Gasteiger partial charge in [-0.1, -0.05) is 49.0 Å². The van der Waals surface area contributed by atoms with E-state index in [1.807, 2.05) is 72.4 Å². The van der Waals surface area contributed by atoms with Crippen LogP contribution in [0.15, 0.2) is 96.2 Å². The van der Waals surface area contributed by atoms with Crippen molar-refractivity contribution in [2.24, 2.45) is 7.05 Å². The molecule has 5 rings (SSSR count). The number of hydrogen-bond donors (Lipinski definition) is 2. The van der Waals surface area contributed by atoms with Gasteiger partial charge in [-0.15, -0.1) is 0 Å². The molecule has 0 aliphatic carbocycles. The summed E-state index contributed by atoms with van der Waals surface area (Å²) >= 11 is 0. The molecular formula is C29H26N6O2. The number of aromatic nitrogens is 4. The van der Waals surface area contributed by atoms with Crippen LogP contribution in [0.25, 0.3) is 33.4 Å². The predicted molar refractivity (Wildman–Crippen MR) is 147 cm³/mol. The number of pyridine rings is 1. The van der Waals surface area contributed by atoms with Gasteiger partial charge in [0.25, 0.3) is 11.5 Å². The Morgan fingerprint density at radius 3 is 2.41 bits per heavy atom. The first kappa shape index (κ1) is 23.7. The van der Waals surface area contributed by atoms with Crippen molar-refractivity contribution < 1.29 is 4.79 Å². The number of carbonyl (C=O) groups is 1. The summed E-state index contributed by atoms with van der Waals surface area (Å²) in [5.74, 6) is 0.120. The molecule has 1 amide bonds. The Kier molecular flexibility index (Phi) is 6.15. The number of hydrogen-bond acceptors (Lipinski definition) is 5. The summed E-state index contributed by atoms with van der Waals surface area (Å²) in [4.78, 5) is 33.5. The number of nitrogens with two attached hydrogens (primary N) is 1. The number of anilines is 2. The summed E-state index contributed by atoms with van der Waals surface area (Å²) in [5.41, 5.74) is 12.5. The molecule has 0 atom stereocenters. The van der Waals surface area contributed by atoms with Crippen LogP contribution in [-0.2, 0) is 18.4 Å². The molecule has 0 unspecified atom stereocenters. The minimum Gasteiger partial charge on any atom is -0.383 e. The van der Waals surface area contributed by atoms with Crippen molar-refractivity contribution in [1.82, 2.24) is 19.1 Å². The van der Waals surface area contributed by atoms with E-state index in [1.165, 1.54) is 6.33 Å². The Bertz CT molecular complexity index is 1700. The molecule has 37 heavy (non-hydrogen) atoms. The second-order valence-electron chi connectivity index (χ2n) is 8.92.